The van der Waals surface area contributed by atoms with E-state index in [0.29, 0.717) is 6.07 Å². The number of nitrogens with two attached hydrogens (primary N) is 1. The molecule has 0 bridgehead atoms. The number of pyridine rings is 1. The monoisotopic (exact) mass is 651 g/mol. The van der Waals surface area contributed by atoms with Gasteiger partial charge >= 0.3 is 6.18 Å². The topological polar surface area (TPSA) is 137 Å². The van der Waals surface area contributed by atoms with Crippen LogP contribution in [0.5, 0.6) is 0 Å². The van der Waals surface area contributed by atoms with Crippen LogP contribution in [0.25, 0.3) is 11.1 Å². The Bertz CT molecular complexity index is 1910. The predicted octanol–water partition coefficient (Wildman–Crippen LogP) is 4.05. The molecule has 45 heavy (non-hydrogen) atoms. The molecule has 1 atom stereocenters. The molecule has 2 amide bonds. The number of hydrogen-bond acceptors (Lipinski definition) is 6. The number of carbonyl (C=O) groups is 2. The van der Waals surface area contributed by atoms with Crippen LogP contribution in [0.4, 0.5) is 26.3 Å². The molecule has 0 unspecified atom stereocenters. The van der Waals surface area contributed by atoms with E-state index >= 15 is 0 Å². The van der Waals surface area contributed by atoms with Crippen molar-refractivity contribution in [1.82, 2.24) is 20.1 Å². The lowest BCUT2D eigenvalue weighted by atomic mass is 9.94. The Morgan fingerprint density at radius 3 is 2.42 bits per heavy atom. The third-order valence-electron chi connectivity index (χ3n) is 7.15. The summed E-state index contributed by atoms with van der Waals surface area (Å²) in [7, 11) is -3.81. The van der Waals surface area contributed by atoms with Gasteiger partial charge in [-0.25, -0.2) is 21.6 Å². The SMILES string of the molecule is NC(=O)c1cc(-c2cccnc2[C@H](Cc2cc(F)cc(F)c2)NC(=O)Cn2nc(C(F)(F)F)c3c2CCS(=O)(=O)C3)ccc1F. The van der Waals surface area contributed by atoms with Crippen molar-refractivity contribution in [1.29, 1.82) is 0 Å². The maximum absolute atomic E-state index is 14.2. The Morgan fingerprint density at radius 2 is 1.76 bits per heavy atom. The number of benzene rings is 2. The molecule has 0 fully saturated rings. The molecule has 5 rings (SSSR count). The Labute approximate surface area is 252 Å². The van der Waals surface area contributed by atoms with Gasteiger partial charge in [0.05, 0.1) is 28.8 Å². The second-order valence-corrected chi connectivity index (χ2v) is 12.6. The summed E-state index contributed by atoms with van der Waals surface area (Å²) >= 11 is 0. The van der Waals surface area contributed by atoms with Crippen molar-refractivity contribution in [3.63, 3.8) is 0 Å². The minimum absolute atomic E-state index is 0.0557. The minimum Gasteiger partial charge on any atom is -0.366 e. The third-order valence-corrected chi connectivity index (χ3v) is 8.71. The lowest BCUT2D eigenvalue weighted by Gasteiger charge is -2.22. The summed E-state index contributed by atoms with van der Waals surface area (Å²) < 4.78 is 109. The number of nitrogens with one attached hydrogen (secondary N) is 1. The summed E-state index contributed by atoms with van der Waals surface area (Å²) in [5, 5.41) is 6.15. The minimum atomic E-state index is -4.98. The van der Waals surface area contributed by atoms with Crippen molar-refractivity contribution in [2.75, 3.05) is 5.75 Å². The highest BCUT2D eigenvalue weighted by Gasteiger charge is 2.42. The molecule has 0 radical (unpaired) electrons. The highest BCUT2D eigenvalue weighted by atomic mass is 32.2. The summed E-state index contributed by atoms with van der Waals surface area (Å²) in [6.45, 7) is -0.753. The number of carbonyl (C=O) groups excluding carboxylic acids is 2. The van der Waals surface area contributed by atoms with E-state index in [2.05, 4.69) is 15.4 Å². The van der Waals surface area contributed by atoms with Crippen LogP contribution >= 0.6 is 0 Å². The van der Waals surface area contributed by atoms with Crippen molar-refractivity contribution in [3.05, 3.63) is 106 Å². The molecule has 0 saturated carbocycles. The van der Waals surface area contributed by atoms with E-state index in [1.54, 1.807) is 0 Å². The van der Waals surface area contributed by atoms with E-state index in [-0.39, 0.29) is 40.9 Å². The molecule has 16 heteroatoms. The smallest absolute Gasteiger partial charge is 0.366 e. The number of aromatic nitrogens is 3. The number of hydrogen-bond donors (Lipinski definition) is 2. The first-order valence-corrected chi connectivity index (χ1v) is 15.1. The molecule has 9 nitrogen and oxygen atoms in total. The van der Waals surface area contributed by atoms with Crippen LogP contribution in [-0.4, -0.2) is 40.7 Å². The normalized spacial score (nSPS) is 14.9. The van der Waals surface area contributed by atoms with Gasteiger partial charge < -0.3 is 11.1 Å². The molecule has 0 aliphatic carbocycles. The lowest BCUT2D eigenvalue weighted by molar-refractivity contribution is -0.142. The number of halogens is 6. The lowest BCUT2D eigenvalue weighted by Crippen LogP contribution is -2.34. The molecule has 1 aliphatic heterocycles. The van der Waals surface area contributed by atoms with Crippen molar-refractivity contribution in [3.8, 4) is 11.1 Å². The molecule has 3 heterocycles. The Hall–Kier alpha value is -4.73. The maximum Gasteiger partial charge on any atom is 0.435 e. The Balaban J connectivity index is 1.54. The number of sulfone groups is 1. The van der Waals surface area contributed by atoms with Crippen LogP contribution < -0.4 is 11.1 Å². The average molecular weight is 652 g/mol. The van der Waals surface area contributed by atoms with Gasteiger partial charge in [0.1, 0.15) is 24.0 Å². The number of nitrogens with zero attached hydrogens (tertiary/aromatic N) is 3. The first-order valence-electron chi connectivity index (χ1n) is 13.3. The Kier molecular flexibility index (Phi) is 8.44. The number of alkyl halides is 3. The van der Waals surface area contributed by atoms with Gasteiger partial charge in [-0.2, -0.15) is 18.3 Å². The van der Waals surface area contributed by atoms with Gasteiger partial charge in [-0.3, -0.25) is 19.3 Å². The molecule has 2 aromatic carbocycles. The fourth-order valence-electron chi connectivity index (χ4n) is 5.25. The van der Waals surface area contributed by atoms with E-state index in [4.69, 9.17) is 5.73 Å². The largest absolute Gasteiger partial charge is 0.435 e. The first-order chi connectivity index (χ1) is 21.1. The summed E-state index contributed by atoms with van der Waals surface area (Å²) in [6.07, 6.45) is -4.18. The first kappa shape index (κ1) is 31.7. The van der Waals surface area contributed by atoms with Crippen molar-refractivity contribution >= 4 is 21.7 Å². The molecular weight excluding hydrogens is 628 g/mol. The number of primary amides is 1. The van der Waals surface area contributed by atoms with Gasteiger partial charge in [0.2, 0.25) is 5.91 Å². The van der Waals surface area contributed by atoms with E-state index in [9.17, 15) is 44.3 Å². The third kappa shape index (κ3) is 7.00. The molecule has 1 aliphatic rings. The van der Waals surface area contributed by atoms with Crippen molar-refractivity contribution < 1.29 is 44.3 Å². The zero-order chi connectivity index (χ0) is 32.7. The van der Waals surface area contributed by atoms with Gasteiger partial charge in [-0.15, -0.1) is 0 Å². The summed E-state index contributed by atoms with van der Waals surface area (Å²) in [6, 6.07) is 8.06. The molecule has 4 aromatic rings. The zero-order valence-electron chi connectivity index (χ0n) is 23.0. The van der Waals surface area contributed by atoms with E-state index in [0.717, 1.165) is 22.9 Å². The summed E-state index contributed by atoms with van der Waals surface area (Å²) in [5.74, 6) is -5.93. The van der Waals surface area contributed by atoms with Crippen molar-refractivity contribution in [2.45, 2.75) is 37.4 Å². The molecule has 236 valence electrons. The van der Waals surface area contributed by atoms with E-state index in [1.807, 2.05) is 0 Å². The second-order valence-electron chi connectivity index (χ2n) is 10.4. The molecular formula is C29H23F6N5O4S. The fourth-order valence-corrected chi connectivity index (χ4v) is 6.64. The molecule has 0 saturated heterocycles. The van der Waals surface area contributed by atoms with Gasteiger partial charge in [-0.05, 0) is 47.9 Å². The molecule has 0 spiro atoms. The molecule has 3 N–H and O–H groups in total. The van der Waals surface area contributed by atoms with Gasteiger partial charge in [0.25, 0.3) is 5.91 Å². The second kappa shape index (κ2) is 12.0. The van der Waals surface area contributed by atoms with Crippen LogP contribution in [0.1, 0.15) is 44.6 Å². The zero-order valence-corrected chi connectivity index (χ0v) is 23.9. The van der Waals surface area contributed by atoms with Crippen molar-refractivity contribution in [2.24, 2.45) is 5.73 Å². The maximum atomic E-state index is 14.2. The highest BCUT2D eigenvalue weighted by Crippen LogP contribution is 2.36. The quantitative estimate of drug-likeness (QED) is 0.276. The van der Waals surface area contributed by atoms with Gasteiger partial charge in [0, 0.05) is 35.5 Å². The van der Waals surface area contributed by atoms with Crippen LogP contribution in [0.3, 0.4) is 0 Å². The van der Waals surface area contributed by atoms with Crippen LogP contribution in [0, 0.1) is 17.5 Å². The Morgan fingerprint density at radius 1 is 1.04 bits per heavy atom. The van der Waals surface area contributed by atoms with E-state index < -0.39 is 86.2 Å². The number of fused-ring (bicyclic) bond motifs is 1. The summed E-state index contributed by atoms with van der Waals surface area (Å²) in [4.78, 5) is 29.5. The van der Waals surface area contributed by atoms with Crippen LogP contribution in [-0.2, 0) is 45.9 Å². The fraction of sp³-hybridized carbons (Fsp3) is 0.241. The predicted molar refractivity (Wildman–Crippen MR) is 148 cm³/mol. The van der Waals surface area contributed by atoms with Gasteiger partial charge in [0.15, 0.2) is 15.5 Å². The average Bonchev–Trinajstić information content (AvgIpc) is 3.28. The highest BCUT2D eigenvalue weighted by molar-refractivity contribution is 7.90. The molecule has 2 aromatic heterocycles. The number of amides is 2. The van der Waals surface area contributed by atoms with Crippen LogP contribution in [0.2, 0.25) is 0 Å². The van der Waals surface area contributed by atoms with Gasteiger partial charge in [-0.1, -0.05) is 12.1 Å². The number of rotatable bonds is 8. The standard InChI is InChI=1S/C29H23F6N5O4S/c30-17-8-15(9-18(31)12-17)10-23(26-19(2-1-6-37-26)16-3-4-22(32)20(11-16)28(36)42)38-25(41)13-40-24-5-7-45(43,44)14-21(24)27(39-40)29(33,34)35/h1-4,6,8-9,11-12,23H,5,7,10,13-14H2,(H2,36,42)(H,38,41)/t23-/m0/s1. The van der Waals surface area contributed by atoms with Crippen LogP contribution in [0.15, 0.2) is 54.7 Å². The van der Waals surface area contributed by atoms with E-state index in [1.165, 1.54) is 30.5 Å². The summed E-state index contributed by atoms with van der Waals surface area (Å²) in [5.41, 5.74) is 3.61.